The molecule has 1 aromatic heterocycles. The monoisotopic (exact) mass is 349 g/mol. The number of nitrogens with two attached hydrogens (primary N) is 1. The number of ether oxygens (including phenoxy) is 1. The third-order valence-electron chi connectivity index (χ3n) is 3.69. The van der Waals surface area contributed by atoms with E-state index in [1.165, 1.54) is 14.0 Å². The Morgan fingerprint density at radius 2 is 1.95 bits per heavy atom. The van der Waals surface area contributed by atoms with Gasteiger partial charge in [0.2, 0.25) is 5.78 Å². The maximum absolute atomic E-state index is 12.0. The Balaban J connectivity index is 2.15. The number of nitrogen functional groups attached to an aromatic ring is 1. The number of hydrogen-bond donors (Lipinski definition) is 2. The van der Waals surface area contributed by atoms with Gasteiger partial charge < -0.3 is 10.5 Å². The van der Waals surface area contributed by atoms with Crippen molar-refractivity contribution < 1.29 is 14.3 Å². The average Bonchev–Trinajstić information content (AvgIpc) is 2.93. The second kappa shape index (κ2) is 5.13. The Morgan fingerprint density at radius 1 is 1.41 bits per heavy atom. The molecule has 3 N–H and O–H groups in total. The molecule has 0 aromatic carbocycles. The van der Waals surface area contributed by atoms with Crippen LogP contribution in [0.3, 0.4) is 0 Å². The summed E-state index contributed by atoms with van der Waals surface area (Å²) >= 11 is 11.7. The first-order valence-electron chi connectivity index (χ1n) is 6.18. The highest BCUT2D eigenvalue weighted by Crippen LogP contribution is 2.64. The first-order valence-corrected chi connectivity index (χ1v) is 6.94. The van der Waals surface area contributed by atoms with Crippen LogP contribution in [-0.2, 0) is 16.6 Å². The second-order valence-electron chi connectivity index (χ2n) is 5.29. The number of esters is 1. The third-order valence-corrected chi connectivity index (χ3v) is 4.79. The van der Waals surface area contributed by atoms with Gasteiger partial charge in [0.15, 0.2) is 6.61 Å². The molecule has 1 heterocycles. The van der Waals surface area contributed by atoms with Crippen LogP contribution < -0.4 is 17.0 Å². The van der Waals surface area contributed by atoms with Crippen LogP contribution in [-0.4, -0.2) is 32.2 Å². The first kappa shape index (κ1) is 16.6. The number of hydrogen-bond acceptors (Lipinski definition) is 6. The molecule has 8 nitrogen and oxygen atoms in total. The Kier molecular flexibility index (Phi) is 3.87. The van der Waals surface area contributed by atoms with E-state index in [4.69, 9.17) is 33.7 Å². The van der Waals surface area contributed by atoms with Gasteiger partial charge in [-0.1, -0.05) is 0 Å². The molecule has 0 unspecified atom stereocenters. The van der Waals surface area contributed by atoms with Crippen LogP contribution in [0.25, 0.3) is 0 Å². The van der Waals surface area contributed by atoms with E-state index in [9.17, 15) is 19.2 Å². The van der Waals surface area contributed by atoms with E-state index < -0.39 is 44.9 Å². The fourth-order valence-corrected chi connectivity index (χ4v) is 2.58. The second-order valence-corrected chi connectivity index (χ2v) is 6.78. The molecule has 1 fully saturated rings. The number of ketones is 1. The quantitative estimate of drug-likeness (QED) is 0.446. The Bertz CT molecular complexity index is 782. The highest BCUT2D eigenvalue weighted by atomic mass is 35.5. The van der Waals surface area contributed by atoms with Crippen LogP contribution in [0, 0.1) is 5.41 Å². The molecule has 1 aromatic rings. The summed E-state index contributed by atoms with van der Waals surface area (Å²) in [7, 11) is 1.29. The Labute approximate surface area is 134 Å². The summed E-state index contributed by atoms with van der Waals surface area (Å²) in [5.74, 6) is -1.89. The maximum Gasteiger partial charge on any atom is 0.329 e. The fourth-order valence-electron chi connectivity index (χ4n) is 1.89. The molecular weight excluding hydrogens is 337 g/mol. The predicted molar refractivity (Wildman–Crippen MR) is 79.2 cm³/mol. The van der Waals surface area contributed by atoms with Gasteiger partial charge in [-0.2, -0.15) is 0 Å². The largest absolute Gasteiger partial charge is 0.457 e. The van der Waals surface area contributed by atoms with Gasteiger partial charge in [-0.15, -0.1) is 23.2 Å². The molecule has 1 saturated carbocycles. The van der Waals surface area contributed by atoms with E-state index >= 15 is 0 Å². The van der Waals surface area contributed by atoms with Crippen molar-refractivity contribution in [3.05, 3.63) is 26.4 Å². The van der Waals surface area contributed by atoms with Crippen LogP contribution >= 0.6 is 23.2 Å². The smallest absolute Gasteiger partial charge is 0.329 e. The van der Waals surface area contributed by atoms with E-state index in [2.05, 4.69) is 0 Å². The maximum atomic E-state index is 12.0. The molecule has 1 aliphatic carbocycles. The summed E-state index contributed by atoms with van der Waals surface area (Å²) < 4.78 is 4.53. The third kappa shape index (κ3) is 2.52. The van der Waals surface area contributed by atoms with Crippen LogP contribution in [0.4, 0.5) is 5.82 Å². The molecule has 0 bridgehead atoms. The van der Waals surface area contributed by atoms with Crippen molar-refractivity contribution in [2.45, 2.75) is 17.7 Å². The average molecular weight is 350 g/mol. The highest BCUT2D eigenvalue weighted by molar-refractivity contribution is 6.53. The number of nitrogens with zero attached hydrogens (tertiary/aromatic N) is 1. The van der Waals surface area contributed by atoms with Gasteiger partial charge in [-0.25, -0.2) is 4.79 Å². The summed E-state index contributed by atoms with van der Waals surface area (Å²) in [5.41, 5.74) is 2.35. The molecule has 1 atom stereocenters. The van der Waals surface area contributed by atoms with E-state index in [0.29, 0.717) is 0 Å². The Morgan fingerprint density at radius 3 is 2.45 bits per heavy atom. The van der Waals surface area contributed by atoms with Crippen LogP contribution in [0.2, 0.25) is 0 Å². The molecule has 0 saturated heterocycles. The molecule has 0 amide bonds. The zero-order valence-electron chi connectivity index (χ0n) is 11.7. The lowest BCUT2D eigenvalue weighted by Crippen LogP contribution is -2.36. The van der Waals surface area contributed by atoms with E-state index in [-0.39, 0.29) is 12.2 Å². The van der Waals surface area contributed by atoms with E-state index in [0.717, 1.165) is 4.57 Å². The first-order chi connectivity index (χ1) is 10.0. The van der Waals surface area contributed by atoms with Gasteiger partial charge in [0.25, 0.3) is 5.56 Å². The molecule has 0 spiro atoms. The van der Waals surface area contributed by atoms with Crippen molar-refractivity contribution in [1.29, 1.82) is 0 Å². The van der Waals surface area contributed by atoms with E-state index in [1.54, 1.807) is 0 Å². The number of Topliss-reactive ketones (excluding diaryl/α,β-unsaturated/α-hetero) is 1. The summed E-state index contributed by atoms with van der Waals surface area (Å²) in [4.78, 5) is 48.8. The molecule has 0 aliphatic heterocycles. The minimum atomic E-state index is -1.22. The minimum absolute atomic E-state index is 0.207. The minimum Gasteiger partial charge on any atom is -0.457 e. The van der Waals surface area contributed by atoms with Crippen molar-refractivity contribution in [1.82, 2.24) is 9.55 Å². The van der Waals surface area contributed by atoms with Crippen molar-refractivity contribution in [2.75, 3.05) is 12.3 Å². The van der Waals surface area contributed by atoms with Gasteiger partial charge in [0.05, 0.1) is 0 Å². The van der Waals surface area contributed by atoms with Crippen molar-refractivity contribution >= 4 is 40.8 Å². The van der Waals surface area contributed by atoms with Gasteiger partial charge >= 0.3 is 11.7 Å². The lowest BCUT2D eigenvalue weighted by molar-refractivity contribution is -0.148. The number of anilines is 1. The number of carbonyl (C=O) groups excluding carboxylic acids is 2. The number of carbonyl (C=O) groups is 2. The van der Waals surface area contributed by atoms with Crippen LogP contribution in [0.1, 0.15) is 23.7 Å². The fraction of sp³-hybridized carbons (Fsp3) is 0.500. The molecule has 10 heteroatoms. The van der Waals surface area contributed by atoms with Crippen molar-refractivity contribution in [2.24, 2.45) is 12.5 Å². The topological polar surface area (TPSA) is 124 Å². The zero-order chi connectivity index (χ0) is 16.9. The predicted octanol–water partition coefficient (Wildman–Crippen LogP) is -0.0344. The number of H-pyrrole nitrogens is 1. The molecule has 22 heavy (non-hydrogen) atoms. The molecule has 2 rings (SSSR count). The molecule has 120 valence electrons. The number of alkyl halides is 2. The van der Waals surface area contributed by atoms with Gasteiger partial charge in [-0.3, -0.25) is 23.9 Å². The number of aromatic amines is 1. The van der Waals surface area contributed by atoms with Crippen LogP contribution in [0.15, 0.2) is 9.59 Å². The summed E-state index contributed by atoms with van der Waals surface area (Å²) in [6.45, 7) is 0.803. The SMILES string of the molecule is Cn1c(N)c(C(=O)COC(=O)[C@]2(C)CC2(Cl)Cl)c(=O)[nH]c1=O. The molecular formula is C12H13Cl2N3O5. The molecule has 1 aliphatic rings. The normalized spacial score (nSPS) is 22.2. The van der Waals surface area contributed by atoms with E-state index in [1.807, 2.05) is 4.98 Å². The van der Waals surface area contributed by atoms with Gasteiger partial charge in [0, 0.05) is 13.5 Å². The summed E-state index contributed by atoms with van der Waals surface area (Å²) in [6, 6.07) is 0. The van der Waals surface area contributed by atoms with Crippen molar-refractivity contribution in [3.63, 3.8) is 0 Å². The standard InChI is InChI=1S/C12H13Cl2N3O5/c1-11(4-12(11,13)14)9(20)22-3-5(18)6-7(15)17(2)10(21)16-8(6)19/h3-4,15H2,1-2H3,(H,16,19,21)/t11-/m0/s1. The van der Waals surface area contributed by atoms with Gasteiger partial charge in [-0.05, 0) is 6.92 Å². The summed E-state index contributed by atoms with van der Waals surface area (Å²) in [6.07, 6.45) is 0.207. The lowest BCUT2D eigenvalue weighted by atomic mass is 10.1. The number of aromatic nitrogens is 2. The molecule has 0 radical (unpaired) electrons. The number of halogens is 2. The zero-order valence-corrected chi connectivity index (χ0v) is 13.2. The van der Waals surface area contributed by atoms with Crippen LogP contribution in [0.5, 0.6) is 0 Å². The van der Waals surface area contributed by atoms with Gasteiger partial charge in [0.1, 0.15) is 21.1 Å². The number of rotatable bonds is 4. The lowest BCUT2D eigenvalue weighted by Gasteiger charge is -2.12. The Hall–Kier alpha value is -1.80. The number of nitrogens with one attached hydrogen (secondary N) is 1. The summed E-state index contributed by atoms with van der Waals surface area (Å²) in [5, 5.41) is 0. The van der Waals surface area contributed by atoms with Crippen molar-refractivity contribution in [3.8, 4) is 0 Å². The highest BCUT2D eigenvalue weighted by Gasteiger charge is 2.69.